The molecule has 0 spiro atoms. The van der Waals surface area contributed by atoms with Crippen LogP contribution < -0.4 is 0 Å². The quantitative estimate of drug-likeness (QED) is 0.799. The van der Waals surface area contributed by atoms with Gasteiger partial charge >= 0.3 is 0 Å². The zero-order valence-electron chi connectivity index (χ0n) is 12.2. The first-order valence-corrected chi connectivity index (χ1v) is 8.44. The van der Waals surface area contributed by atoms with E-state index < -0.39 is 0 Å². The zero-order valence-corrected chi connectivity index (χ0v) is 13.7. The molecule has 5 nitrogen and oxygen atoms in total. The average Bonchev–Trinajstić information content (AvgIpc) is 3.18. The number of hydrogen-bond acceptors (Lipinski definition) is 5. The predicted octanol–water partition coefficient (Wildman–Crippen LogP) is 3.49. The number of amides is 1. The van der Waals surface area contributed by atoms with Crippen LogP contribution in [0.4, 0.5) is 0 Å². The fourth-order valence-electron chi connectivity index (χ4n) is 2.39. The molecule has 2 aromatic rings. The molecule has 1 aliphatic heterocycles. The normalized spacial score (nSPS) is 16.0. The summed E-state index contributed by atoms with van der Waals surface area (Å²) in [5.74, 6) is 0.538. The van der Waals surface area contributed by atoms with Crippen LogP contribution >= 0.6 is 23.4 Å². The van der Waals surface area contributed by atoms with Crippen molar-refractivity contribution in [2.75, 3.05) is 13.1 Å². The highest BCUT2D eigenvalue weighted by Crippen LogP contribution is 2.28. The first-order chi connectivity index (χ1) is 10.6. The van der Waals surface area contributed by atoms with E-state index in [1.807, 2.05) is 24.0 Å². The van der Waals surface area contributed by atoms with Gasteiger partial charge in [-0.1, -0.05) is 29.4 Å². The number of halogens is 1. The van der Waals surface area contributed by atoms with Gasteiger partial charge in [-0.15, -0.1) is 10.2 Å². The molecule has 1 aromatic carbocycles. The molecule has 1 atom stereocenters. The van der Waals surface area contributed by atoms with Gasteiger partial charge < -0.3 is 9.32 Å². The van der Waals surface area contributed by atoms with E-state index in [2.05, 4.69) is 10.2 Å². The van der Waals surface area contributed by atoms with Gasteiger partial charge in [-0.3, -0.25) is 4.79 Å². The second kappa shape index (κ2) is 6.71. The number of benzene rings is 1. The summed E-state index contributed by atoms with van der Waals surface area (Å²) >= 11 is 7.25. The van der Waals surface area contributed by atoms with E-state index in [-0.39, 0.29) is 11.2 Å². The van der Waals surface area contributed by atoms with E-state index in [1.54, 1.807) is 12.1 Å². The SMILES string of the molecule is C[C@H](Sc1nnc(-c2cccc(Cl)c2)o1)C(=O)N1CCCC1. The van der Waals surface area contributed by atoms with Gasteiger partial charge in [0, 0.05) is 23.7 Å². The summed E-state index contributed by atoms with van der Waals surface area (Å²) in [6.07, 6.45) is 2.17. The lowest BCUT2D eigenvalue weighted by Gasteiger charge is -2.18. The van der Waals surface area contributed by atoms with E-state index in [1.165, 1.54) is 11.8 Å². The van der Waals surface area contributed by atoms with E-state index >= 15 is 0 Å². The first kappa shape index (κ1) is 15.4. The van der Waals surface area contributed by atoms with Crippen molar-refractivity contribution in [3.63, 3.8) is 0 Å². The smallest absolute Gasteiger partial charge is 0.277 e. The molecule has 1 aromatic heterocycles. The van der Waals surface area contributed by atoms with Crippen LogP contribution in [-0.4, -0.2) is 39.3 Å². The van der Waals surface area contributed by atoms with Crippen molar-refractivity contribution in [3.8, 4) is 11.5 Å². The molecule has 0 saturated carbocycles. The van der Waals surface area contributed by atoms with Crippen LogP contribution in [0.1, 0.15) is 19.8 Å². The molecule has 2 heterocycles. The maximum Gasteiger partial charge on any atom is 0.277 e. The fourth-order valence-corrected chi connectivity index (χ4v) is 3.35. The number of thioether (sulfide) groups is 1. The Morgan fingerprint density at radius 3 is 2.86 bits per heavy atom. The molecule has 0 aliphatic carbocycles. The van der Waals surface area contributed by atoms with Gasteiger partial charge in [0.2, 0.25) is 11.8 Å². The minimum absolute atomic E-state index is 0.130. The van der Waals surface area contributed by atoms with Gasteiger partial charge in [-0.2, -0.15) is 0 Å². The van der Waals surface area contributed by atoms with E-state index in [4.69, 9.17) is 16.0 Å². The van der Waals surface area contributed by atoms with Crippen LogP contribution in [0.15, 0.2) is 33.9 Å². The van der Waals surface area contributed by atoms with Gasteiger partial charge in [0.1, 0.15) is 0 Å². The summed E-state index contributed by atoms with van der Waals surface area (Å²) < 4.78 is 5.62. The third-order valence-corrected chi connectivity index (χ3v) is 4.68. The summed E-state index contributed by atoms with van der Waals surface area (Å²) in [5.41, 5.74) is 0.769. The Labute approximate surface area is 138 Å². The lowest BCUT2D eigenvalue weighted by molar-refractivity contribution is -0.129. The second-order valence-electron chi connectivity index (χ2n) is 5.18. The van der Waals surface area contributed by atoms with Crippen molar-refractivity contribution < 1.29 is 9.21 Å². The lowest BCUT2D eigenvalue weighted by Crippen LogP contribution is -2.34. The van der Waals surface area contributed by atoms with Crippen molar-refractivity contribution in [2.45, 2.75) is 30.2 Å². The van der Waals surface area contributed by atoms with Crippen LogP contribution in [0.2, 0.25) is 5.02 Å². The van der Waals surface area contributed by atoms with Gasteiger partial charge in [0.05, 0.1) is 5.25 Å². The van der Waals surface area contributed by atoms with Crippen molar-refractivity contribution in [3.05, 3.63) is 29.3 Å². The van der Waals surface area contributed by atoms with E-state index in [0.29, 0.717) is 16.1 Å². The predicted molar refractivity (Wildman–Crippen MR) is 85.9 cm³/mol. The molecule has 1 amide bonds. The molecule has 3 rings (SSSR count). The van der Waals surface area contributed by atoms with Crippen molar-refractivity contribution >= 4 is 29.3 Å². The summed E-state index contributed by atoms with van der Waals surface area (Å²) in [7, 11) is 0. The number of nitrogens with zero attached hydrogens (tertiary/aromatic N) is 3. The Morgan fingerprint density at radius 2 is 2.14 bits per heavy atom. The van der Waals surface area contributed by atoms with Crippen molar-refractivity contribution in [2.24, 2.45) is 0 Å². The van der Waals surface area contributed by atoms with Crippen LogP contribution in [0.3, 0.4) is 0 Å². The lowest BCUT2D eigenvalue weighted by atomic mass is 10.2. The highest BCUT2D eigenvalue weighted by molar-refractivity contribution is 8.00. The van der Waals surface area contributed by atoms with Gasteiger partial charge in [-0.25, -0.2) is 0 Å². The molecule has 0 N–H and O–H groups in total. The summed E-state index contributed by atoms with van der Waals surface area (Å²) in [4.78, 5) is 14.2. The van der Waals surface area contributed by atoms with Gasteiger partial charge in [0.25, 0.3) is 5.22 Å². The number of likely N-dealkylation sites (tertiary alicyclic amines) is 1. The Morgan fingerprint density at radius 1 is 1.36 bits per heavy atom. The first-order valence-electron chi connectivity index (χ1n) is 7.18. The minimum Gasteiger partial charge on any atom is -0.411 e. The molecule has 0 bridgehead atoms. The molecule has 1 saturated heterocycles. The number of carbonyl (C=O) groups excluding carboxylic acids is 1. The van der Waals surface area contributed by atoms with Crippen molar-refractivity contribution in [1.82, 2.24) is 15.1 Å². The van der Waals surface area contributed by atoms with Crippen LogP contribution in [0, 0.1) is 0 Å². The molecule has 1 aliphatic rings. The van der Waals surface area contributed by atoms with E-state index in [0.717, 1.165) is 31.5 Å². The average molecular weight is 338 g/mol. The monoisotopic (exact) mass is 337 g/mol. The molecule has 22 heavy (non-hydrogen) atoms. The molecule has 7 heteroatoms. The Balaban J connectivity index is 1.67. The molecular formula is C15H16ClN3O2S. The summed E-state index contributed by atoms with van der Waals surface area (Å²) in [6.45, 7) is 3.57. The Kier molecular flexibility index (Phi) is 4.69. The Hall–Kier alpha value is -1.53. The summed E-state index contributed by atoms with van der Waals surface area (Å²) in [6, 6.07) is 7.23. The maximum atomic E-state index is 12.3. The van der Waals surface area contributed by atoms with Crippen LogP contribution in [-0.2, 0) is 4.79 Å². The molecule has 0 radical (unpaired) electrons. The minimum atomic E-state index is -0.231. The zero-order chi connectivity index (χ0) is 15.5. The highest BCUT2D eigenvalue weighted by Gasteiger charge is 2.25. The molecule has 1 fully saturated rings. The summed E-state index contributed by atoms with van der Waals surface area (Å²) in [5, 5.41) is 8.80. The third-order valence-electron chi connectivity index (χ3n) is 3.52. The topological polar surface area (TPSA) is 59.2 Å². The number of hydrogen-bond donors (Lipinski definition) is 0. The number of aromatic nitrogens is 2. The second-order valence-corrected chi connectivity index (χ2v) is 6.90. The number of carbonyl (C=O) groups is 1. The number of rotatable bonds is 4. The maximum absolute atomic E-state index is 12.3. The van der Waals surface area contributed by atoms with Crippen LogP contribution in [0.5, 0.6) is 0 Å². The van der Waals surface area contributed by atoms with Crippen LogP contribution in [0.25, 0.3) is 11.5 Å². The molecular weight excluding hydrogens is 322 g/mol. The standard InChI is InChI=1S/C15H16ClN3O2S/c1-10(14(20)19-7-2-3-8-19)22-15-18-17-13(21-15)11-5-4-6-12(16)9-11/h4-6,9-10H,2-3,7-8H2,1H3/t10-/m0/s1. The van der Waals surface area contributed by atoms with Gasteiger partial charge in [0.15, 0.2) is 0 Å². The van der Waals surface area contributed by atoms with Crippen molar-refractivity contribution in [1.29, 1.82) is 0 Å². The largest absolute Gasteiger partial charge is 0.411 e. The third kappa shape index (κ3) is 3.44. The van der Waals surface area contributed by atoms with E-state index in [9.17, 15) is 4.79 Å². The Bertz CT molecular complexity index is 670. The highest BCUT2D eigenvalue weighted by atomic mass is 35.5. The molecule has 0 unspecified atom stereocenters. The fraction of sp³-hybridized carbons (Fsp3) is 0.400. The van der Waals surface area contributed by atoms with Gasteiger partial charge in [-0.05, 0) is 38.0 Å². The molecule has 116 valence electrons.